The molecule has 2 heterocycles. The summed E-state index contributed by atoms with van der Waals surface area (Å²) in [5, 5.41) is 9.00. The Balaban J connectivity index is 1.07. The van der Waals surface area contributed by atoms with E-state index in [0.717, 1.165) is 50.5 Å². The van der Waals surface area contributed by atoms with Crippen molar-refractivity contribution in [3.63, 3.8) is 0 Å². The Morgan fingerprint density at radius 2 is 1.78 bits per heavy atom. The van der Waals surface area contributed by atoms with Crippen molar-refractivity contribution >= 4 is 34.9 Å². The molecule has 0 atom stereocenters. The molecule has 0 spiro atoms. The molecule has 8 heteroatoms. The monoisotopic (exact) mass is 499 g/mol. The van der Waals surface area contributed by atoms with E-state index in [9.17, 15) is 9.59 Å². The Kier molecular flexibility index (Phi) is 7.73. The minimum Gasteiger partial charge on any atom is -0.351 e. The largest absolute Gasteiger partial charge is 0.351 e. The van der Waals surface area contributed by atoms with E-state index in [4.69, 9.17) is 0 Å². The first-order valence-electron chi connectivity index (χ1n) is 12.3. The molecule has 1 saturated carbocycles. The van der Waals surface area contributed by atoms with Gasteiger partial charge in [0.25, 0.3) is 11.1 Å². The summed E-state index contributed by atoms with van der Waals surface area (Å²) in [4.78, 5) is 32.3. The van der Waals surface area contributed by atoms with Crippen LogP contribution in [0, 0.1) is 5.92 Å². The van der Waals surface area contributed by atoms with Crippen molar-refractivity contribution in [3.05, 3.63) is 83.0 Å². The molecule has 184 valence electrons. The highest BCUT2D eigenvalue weighted by Gasteiger charge is 2.25. The molecule has 2 aromatic carbocycles. The van der Waals surface area contributed by atoms with Gasteiger partial charge in [-0.1, -0.05) is 48.5 Å². The molecular formula is C28H29N5O2S. The second-order valence-corrected chi connectivity index (χ2v) is 10.2. The Labute approximate surface area is 215 Å². The van der Waals surface area contributed by atoms with Gasteiger partial charge in [0.05, 0.1) is 10.6 Å². The SMILES string of the molecule is O=C1NC(=O)/C(=C/c2ccnc(N[C@H]3CC[C@H](CNCc4cccc(-c5ccccc5)c4)CC3)n2)S1. The lowest BCUT2D eigenvalue weighted by Crippen LogP contribution is -2.31. The fourth-order valence-corrected chi connectivity index (χ4v) is 5.35. The maximum absolute atomic E-state index is 11.8. The molecule has 0 radical (unpaired) electrons. The van der Waals surface area contributed by atoms with Gasteiger partial charge in [-0.2, -0.15) is 0 Å². The number of aromatic nitrogens is 2. The van der Waals surface area contributed by atoms with E-state index >= 15 is 0 Å². The zero-order valence-corrected chi connectivity index (χ0v) is 20.8. The summed E-state index contributed by atoms with van der Waals surface area (Å²) in [6.45, 7) is 1.89. The van der Waals surface area contributed by atoms with Gasteiger partial charge in [0.15, 0.2) is 0 Å². The van der Waals surface area contributed by atoms with E-state index < -0.39 is 0 Å². The van der Waals surface area contributed by atoms with Crippen molar-refractivity contribution in [2.75, 3.05) is 11.9 Å². The summed E-state index contributed by atoms with van der Waals surface area (Å²) in [7, 11) is 0. The molecule has 3 aromatic rings. The lowest BCUT2D eigenvalue weighted by atomic mass is 9.86. The predicted octanol–water partition coefficient (Wildman–Crippen LogP) is 5.23. The van der Waals surface area contributed by atoms with Gasteiger partial charge in [0.2, 0.25) is 5.95 Å². The van der Waals surface area contributed by atoms with Gasteiger partial charge < -0.3 is 10.6 Å². The summed E-state index contributed by atoms with van der Waals surface area (Å²) in [6, 6.07) is 21.3. The third-order valence-electron chi connectivity index (χ3n) is 6.57. The number of hydrogen-bond donors (Lipinski definition) is 3. The Morgan fingerprint density at radius 1 is 0.972 bits per heavy atom. The predicted molar refractivity (Wildman–Crippen MR) is 144 cm³/mol. The molecule has 2 fully saturated rings. The number of thioether (sulfide) groups is 1. The highest BCUT2D eigenvalue weighted by molar-refractivity contribution is 8.18. The quantitative estimate of drug-likeness (QED) is 0.365. The number of carbonyl (C=O) groups is 2. The molecule has 7 nitrogen and oxygen atoms in total. The highest BCUT2D eigenvalue weighted by atomic mass is 32.2. The molecular weight excluding hydrogens is 470 g/mol. The van der Waals surface area contributed by atoms with Gasteiger partial charge in [-0.05, 0) is 84.8 Å². The van der Waals surface area contributed by atoms with Crippen molar-refractivity contribution < 1.29 is 9.59 Å². The molecule has 0 bridgehead atoms. The van der Waals surface area contributed by atoms with Crippen molar-refractivity contribution in [2.45, 2.75) is 38.3 Å². The average Bonchev–Trinajstić information content (AvgIpc) is 3.22. The number of imide groups is 1. The first-order chi connectivity index (χ1) is 17.6. The third kappa shape index (κ3) is 6.38. The van der Waals surface area contributed by atoms with Crippen LogP contribution in [0.2, 0.25) is 0 Å². The van der Waals surface area contributed by atoms with Crippen molar-refractivity contribution in [1.82, 2.24) is 20.6 Å². The second-order valence-electron chi connectivity index (χ2n) is 9.22. The zero-order chi connectivity index (χ0) is 24.7. The number of benzene rings is 2. The molecule has 1 aromatic heterocycles. The molecule has 5 rings (SSSR count). The number of amides is 2. The molecule has 2 aliphatic rings. The van der Waals surface area contributed by atoms with Crippen LogP contribution >= 0.6 is 11.8 Å². The van der Waals surface area contributed by atoms with Crippen LogP contribution in [0.1, 0.15) is 36.9 Å². The maximum Gasteiger partial charge on any atom is 0.290 e. The van der Waals surface area contributed by atoms with Crippen LogP contribution in [-0.4, -0.2) is 33.7 Å². The number of hydrogen-bond acceptors (Lipinski definition) is 7. The molecule has 3 N–H and O–H groups in total. The number of rotatable bonds is 8. The van der Waals surface area contributed by atoms with Crippen molar-refractivity contribution in [3.8, 4) is 11.1 Å². The summed E-state index contributed by atoms with van der Waals surface area (Å²) in [5.74, 6) is 0.834. The van der Waals surface area contributed by atoms with Crippen LogP contribution in [0.5, 0.6) is 0 Å². The molecule has 1 aliphatic heterocycles. The summed E-state index contributed by atoms with van der Waals surface area (Å²) >= 11 is 0.889. The van der Waals surface area contributed by atoms with Crippen LogP contribution in [0.15, 0.2) is 71.8 Å². The van der Waals surface area contributed by atoms with Crippen LogP contribution in [0.4, 0.5) is 10.7 Å². The van der Waals surface area contributed by atoms with E-state index in [1.807, 2.05) is 6.07 Å². The Hall–Kier alpha value is -3.49. The highest BCUT2D eigenvalue weighted by Crippen LogP contribution is 2.27. The minimum absolute atomic E-state index is 0.331. The van der Waals surface area contributed by atoms with Gasteiger partial charge in [0, 0.05) is 18.8 Å². The number of nitrogens with zero attached hydrogens (tertiary/aromatic N) is 2. The van der Waals surface area contributed by atoms with Gasteiger partial charge >= 0.3 is 0 Å². The van der Waals surface area contributed by atoms with Gasteiger partial charge in [-0.3, -0.25) is 14.9 Å². The van der Waals surface area contributed by atoms with E-state index in [2.05, 4.69) is 74.4 Å². The minimum atomic E-state index is -0.381. The number of nitrogens with one attached hydrogen (secondary N) is 3. The molecule has 1 saturated heterocycles. The smallest absolute Gasteiger partial charge is 0.290 e. The van der Waals surface area contributed by atoms with Crippen LogP contribution in [-0.2, 0) is 11.3 Å². The molecule has 36 heavy (non-hydrogen) atoms. The Bertz CT molecular complexity index is 1260. The van der Waals surface area contributed by atoms with E-state index in [0.29, 0.717) is 28.5 Å². The lowest BCUT2D eigenvalue weighted by Gasteiger charge is -2.29. The lowest BCUT2D eigenvalue weighted by molar-refractivity contribution is -0.115. The maximum atomic E-state index is 11.8. The standard InChI is InChI=1S/C28H29N5O2S/c34-26-25(36-28(35)33-26)16-24-13-14-30-27(32-24)31-23-11-9-19(10-12-23)17-29-18-20-5-4-8-22(15-20)21-6-2-1-3-7-21/h1-8,13-16,19,23,29H,9-12,17-18H2,(H,30,31,32)(H,33,34,35)/b25-16-/t19-,23-. The Morgan fingerprint density at radius 3 is 2.56 bits per heavy atom. The summed E-state index contributed by atoms with van der Waals surface area (Å²) in [6.07, 6.45) is 7.72. The van der Waals surface area contributed by atoms with Gasteiger partial charge in [-0.25, -0.2) is 9.97 Å². The third-order valence-corrected chi connectivity index (χ3v) is 7.38. The first-order valence-corrected chi connectivity index (χ1v) is 13.1. The van der Waals surface area contributed by atoms with Crippen molar-refractivity contribution in [1.29, 1.82) is 0 Å². The van der Waals surface area contributed by atoms with Crippen molar-refractivity contribution in [2.24, 2.45) is 5.92 Å². The fourth-order valence-electron chi connectivity index (χ4n) is 4.68. The van der Waals surface area contributed by atoms with Gasteiger partial charge in [0.1, 0.15) is 0 Å². The molecule has 0 unspecified atom stereocenters. The van der Waals surface area contributed by atoms with Gasteiger partial charge in [-0.15, -0.1) is 0 Å². The van der Waals surface area contributed by atoms with Crippen LogP contribution in [0.3, 0.4) is 0 Å². The number of carbonyl (C=O) groups excluding carboxylic acids is 2. The van der Waals surface area contributed by atoms with Crippen LogP contribution < -0.4 is 16.0 Å². The first kappa shape index (κ1) is 24.2. The fraction of sp³-hybridized carbons (Fsp3) is 0.286. The van der Waals surface area contributed by atoms with E-state index in [-0.39, 0.29) is 11.1 Å². The van der Waals surface area contributed by atoms with Crippen LogP contribution in [0.25, 0.3) is 17.2 Å². The second kappa shape index (κ2) is 11.5. The topological polar surface area (TPSA) is 96.0 Å². The van der Waals surface area contributed by atoms with E-state index in [1.165, 1.54) is 16.7 Å². The number of anilines is 1. The summed E-state index contributed by atoms with van der Waals surface area (Å²) < 4.78 is 0. The molecule has 2 amide bonds. The average molecular weight is 500 g/mol. The molecule has 1 aliphatic carbocycles. The normalized spacial score (nSPS) is 20.9. The summed E-state index contributed by atoms with van der Waals surface area (Å²) in [5.41, 5.74) is 4.41. The zero-order valence-electron chi connectivity index (χ0n) is 19.9. The van der Waals surface area contributed by atoms with E-state index in [1.54, 1.807) is 18.3 Å².